The molecule has 2 aromatic rings. The molecule has 0 unspecified atom stereocenters. The molecule has 3 aliphatic rings. The minimum Gasteiger partial charge on any atom is -0.465 e. The third-order valence-corrected chi connectivity index (χ3v) is 6.76. The minimum absolute atomic E-state index is 0.00232. The van der Waals surface area contributed by atoms with Crippen molar-refractivity contribution in [1.82, 2.24) is 15.1 Å². The van der Waals surface area contributed by atoms with E-state index in [0.717, 1.165) is 0 Å². The van der Waals surface area contributed by atoms with Crippen LogP contribution in [0.2, 0.25) is 0 Å². The molecular weight excluding hydrogens is 394 g/mol. The third-order valence-electron chi connectivity index (χ3n) is 6.76. The summed E-state index contributed by atoms with van der Waals surface area (Å²) in [5.74, 6) is 0.0465. The zero-order valence-electron chi connectivity index (χ0n) is 17.4. The molecule has 0 radical (unpaired) electrons. The van der Waals surface area contributed by atoms with E-state index in [2.05, 4.69) is 29.6 Å². The Balaban J connectivity index is 1.34. The van der Waals surface area contributed by atoms with Gasteiger partial charge in [0.1, 0.15) is 0 Å². The summed E-state index contributed by atoms with van der Waals surface area (Å²) in [7, 11) is 0. The molecule has 0 saturated carbocycles. The van der Waals surface area contributed by atoms with Crippen LogP contribution in [0.15, 0.2) is 48.5 Å². The van der Waals surface area contributed by atoms with Gasteiger partial charge in [-0.2, -0.15) is 0 Å². The monoisotopic (exact) mass is 421 g/mol. The number of benzene rings is 2. The van der Waals surface area contributed by atoms with Gasteiger partial charge in [0.2, 0.25) is 5.91 Å². The van der Waals surface area contributed by atoms with Crippen LogP contribution in [0.25, 0.3) is 11.1 Å². The maximum Gasteiger partial charge on any atom is 0.407 e. The van der Waals surface area contributed by atoms with E-state index in [-0.39, 0.29) is 23.9 Å². The number of carboxylic acid groups (broad SMARTS) is 1. The van der Waals surface area contributed by atoms with E-state index in [0.29, 0.717) is 45.8 Å². The van der Waals surface area contributed by atoms with Crippen molar-refractivity contribution >= 4 is 12.0 Å². The third kappa shape index (κ3) is 3.68. The molecule has 2 atom stereocenters. The van der Waals surface area contributed by atoms with Crippen LogP contribution in [0.1, 0.15) is 23.5 Å². The van der Waals surface area contributed by atoms with Gasteiger partial charge in [-0.1, -0.05) is 48.5 Å². The Hall–Kier alpha value is -2.90. The van der Waals surface area contributed by atoms with E-state index in [4.69, 9.17) is 4.74 Å². The first-order chi connectivity index (χ1) is 15.1. The van der Waals surface area contributed by atoms with E-state index < -0.39 is 6.09 Å². The van der Waals surface area contributed by atoms with Crippen molar-refractivity contribution in [2.24, 2.45) is 0 Å². The normalized spacial score (nSPS) is 22.8. The van der Waals surface area contributed by atoms with Gasteiger partial charge in [-0.3, -0.25) is 4.79 Å². The predicted molar refractivity (Wildman–Crippen MR) is 116 cm³/mol. The summed E-state index contributed by atoms with van der Waals surface area (Å²) < 4.78 is 5.33. The Kier molecular flexibility index (Phi) is 5.38. The number of amides is 2. The Labute approximate surface area is 181 Å². The van der Waals surface area contributed by atoms with Crippen LogP contribution in [0.3, 0.4) is 0 Å². The van der Waals surface area contributed by atoms with Crippen LogP contribution < -0.4 is 5.32 Å². The molecular formula is C24H27N3O4. The summed E-state index contributed by atoms with van der Waals surface area (Å²) in [4.78, 5) is 28.5. The Morgan fingerprint density at radius 1 is 1.03 bits per heavy atom. The number of nitrogens with zero attached hydrogens (tertiary/aromatic N) is 2. The van der Waals surface area contributed by atoms with Crippen LogP contribution in [-0.4, -0.2) is 78.4 Å². The second-order valence-electron chi connectivity index (χ2n) is 8.45. The van der Waals surface area contributed by atoms with E-state index in [1.807, 2.05) is 29.2 Å². The molecule has 0 aromatic heterocycles. The SMILES string of the molecule is O=C([C@@H]1C[C@H](N(CC2c3ccccc3-c3ccccc32)C(=O)O)CN1)N1CCOCC1. The Bertz CT molecular complexity index is 943. The average molecular weight is 421 g/mol. The molecule has 0 bridgehead atoms. The lowest BCUT2D eigenvalue weighted by atomic mass is 9.95. The van der Waals surface area contributed by atoms with Gasteiger partial charge in [-0.05, 0) is 28.7 Å². The highest BCUT2D eigenvalue weighted by Gasteiger charge is 2.39. The van der Waals surface area contributed by atoms with Crippen LogP contribution in [-0.2, 0) is 9.53 Å². The van der Waals surface area contributed by atoms with Crippen molar-refractivity contribution in [1.29, 1.82) is 0 Å². The first kappa shape index (κ1) is 20.0. The first-order valence-electron chi connectivity index (χ1n) is 10.9. The number of rotatable bonds is 4. The number of carbonyl (C=O) groups excluding carboxylic acids is 1. The summed E-state index contributed by atoms with van der Waals surface area (Å²) >= 11 is 0. The zero-order valence-corrected chi connectivity index (χ0v) is 17.4. The van der Waals surface area contributed by atoms with Gasteiger partial charge in [0, 0.05) is 38.1 Å². The van der Waals surface area contributed by atoms with E-state index in [1.165, 1.54) is 27.2 Å². The number of nitrogens with one attached hydrogen (secondary N) is 1. The van der Waals surface area contributed by atoms with Crippen LogP contribution >= 0.6 is 0 Å². The summed E-state index contributed by atoms with van der Waals surface area (Å²) in [6.45, 7) is 3.18. The number of carbonyl (C=O) groups is 2. The van der Waals surface area contributed by atoms with Gasteiger partial charge in [-0.25, -0.2) is 4.79 Å². The molecule has 2 saturated heterocycles. The number of morpholine rings is 1. The second kappa shape index (κ2) is 8.32. The molecule has 7 nitrogen and oxygen atoms in total. The van der Waals surface area contributed by atoms with Crippen LogP contribution in [0, 0.1) is 0 Å². The fraction of sp³-hybridized carbons (Fsp3) is 0.417. The van der Waals surface area contributed by atoms with Crippen molar-refractivity contribution in [3.63, 3.8) is 0 Å². The first-order valence-corrected chi connectivity index (χ1v) is 10.9. The van der Waals surface area contributed by atoms with Gasteiger partial charge in [0.15, 0.2) is 0 Å². The van der Waals surface area contributed by atoms with Crippen molar-refractivity contribution in [2.75, 3.05) is 39.4 Å². The molecule has 2 fully saturated rings. The minimum atomic E-state index is -0.937. The highest BCUT2D eigenvalue weighted by molar-refractivity contribution is 5.83. The molecule has 5 rings (SSSR count). The maximum atomic E-state index is 12.9. The van der Waals surface area contributed by atoms with Crippen LogP contribution in [0.4, 0.5) is 4.79 Å². The summed E-state index contributed by atoms with van der Waals surface area (Å²) in [6, 6.07) is 15.9. The molecule has 31 heavy (non-hydrogen) atoms. The molecule has 2 aromatic carbocycles. The number of ether oxygens (including phenoxy) is 1. The van der Waals surface area contributed by atoms with Crippen molar-refractivity contribution in [2.45, 2.75) is 24.4 Å². The topological polar surface area (TPSA) is 82.1 Å². The van der Waals surface area contributed by atoms with Gasteiger partial charge in [-0.15, -0.1) is 0 Å². The fourth-order valence-electron chi connectivity index (χ4n) is 5.18. The zero-order chi connectivity index (χ0) is 21.4. The highest BCUT2D eigenvalue weighted by Crippen LogP contribution is 2.45. The Morgan fingerprint density at radius 3 is 2.26 bits per heavy atom. The summed E-state index contributed by atoms with van der Waals surface area (Å²) in [5.41, 5.74) is 4.69. The summed E-state index contributed by atoms with van der Waals surface area (Å²) in [6.07, 6.45) is -0.438. The number of hydrogen-bond donors (Lipinski definition) is 2. The number of fused-ring (bicyclic) bond motifs is 3. The molecule has 2 N–H and O–H groups in total. The lowest BCUT2D eigenvalue weighted by Gasteiger charge is -2.30. The predicted octanol–water partition coefficient (Wildman–Crippen LogP) is 2.37. The van der Waals surface area contributed by atoms with Crippen molar-refractivity contribution in [3.8, 4) is 11.1 Å². The van der Waals surface area contributed by atoms with Crippen molar-refractivity contribution < 1.29 is 19.4 Å². The van der Waals surface area contributed by atoms with Gasteiger partial charge >= 0.3 is 6.09 Å². The lowest BCUT2D eigenvalue weighted by Crippen LogP contribution is -2.48. The summed E-state index contributed by atoms with van der Waals surface area (Å²) in [5, 5.41) is 13.3. The van der Waals surface area contributed by atoms with E-state index in [1.54, 1.807) is 0 Å². The van der Waals surface area contributed by atoms with E-state index >= 15 is 0 Å². The fourth-order valence-corrected chi connectivity index (χ4v) is 5.18. The molecule has 2 amide bonds. The van der Waals surface area contributed by atoms with Gasteiger partial charge in [0.05, 0.1) is 19.3 Å². The standard InChI is InChI=1S/C24H27N3O4/c28-23(26-9-11-31-12-10-26)22-13-16(14-25-22)27(24(29)30)15-21-19-7-3-1-5-17(19)18-6-2-4-8-20(18)21/h1-8,16,21-22,25H,9-15H2,(H,29,30)/t16-,22-/m0/s1. The second-order valence-corrected chi connectivity index (χ2v) is 8.45. The molecule has 0 spiro atoms. The molecule has 7 heteroatoms. The van der Waals surface area contributed by atoms with Crippen molar-refractivity contribution in [3.05, 3.63) is 59.7 Å². The maximum absolute atomic E-state index is 12.9. The number of hydrogen-bond acceptors (Lipinski definition) is 4. The van der Waals surface area contributed by atoms with Gasteiger partial charge < -0.3 is 25.0 Å². The van der Waals surface area contributed by atoms with Gasteiger partial charge in [0.25, 0.3) is 0 Å². The molecule has 2 aliphatic heterocycles. The smallest absolute Gasteiger partial charge is 0.407 e. The Morgan fingerprint density at radius 2 is 1.65 bits per heavy atom. The lowest BCUT2D eigenvalue weighted by molar-refractivity contribution is -0.137. The molecule has 1 aliphatic carbocycles. The molecule has 162 valence electrons. The van der Waals surface area contributed by atoms with E-state index in [9.17, 15) is 14.7 Å². The average Bonchev–Trinajstić information content (AvgIpc) is 3.41. The molecule has 2 heterocycles. The van der Waals surface area contributed by atoms with Crippen LogP contribution in [0.5, 0.6) is 0 Å². The largest absolute Gasteiger partial charge is 0.465 e. The highest BCUT2D eigenvalue weighted by atomic mass is 16.5. The quantitative estimate of drug-likeness (QED) is 0.792.